The van der Waals surface area contributed by atoms with Crippen LogP contribution in [0.15, 0.2) is 0 Å². The number of nitrogens with zero attached hydrogens (tertiary/aromatic N) is 1. The molecule has 0 aliphatic heterocycles. The molecule has 0 saturated carbocycles. The molecular formula is H2BiNO4. The Labute approximate surface area is 52.5 Å². The Bertz CT molecular complexity index is 30.5. The van der Waals surface area contributed by atoms with E-state index in [1.54, 1.807) is 0 Å². The molecule has 0 aliphatic carbocycles. The predicted octanol–water partition coefficient (Wildman–Crippen LogP) is -1.06. The number of hydrogen-bond donors (Lipinski definition) is 0. The van der Waals surface area contributed by atoms with E-state index in [9.17, 15) is 0 Å². The molecule has 2 radical (unpaired) electrons. The van der Waals surface area contributed by atoms with E-state index >= 15 is 0 Å². The molecule has 0 bridgehead atoms. The normalized spacial score (nSPS) is 4.00. The van der Waals surface area contributed by atoms with Crippen molar-refractivity contribution in [3.63, 3.8) is 0 Å². The first kappa shape index (κ1) is 16.6. The van der Waals surface area contributed by atoms with Crippen molar-refractivity contribution in [2.45, 2.75) is 0 Å². The summed E-state index contributed by atoms with van der Waals surface area (Å²) in [6, 6.07) is 0. The summed E-state index contributed by atoms with van der Waals surface area (Å²) in [7, 11) is 0. The third kappa shape index (κ3) is 20100. The Hall–Kier alpha value is 0.0431. The zero-order valence-corrected chi connectivity index (χ0v) is 6.51. The molecule has 0 heterocycles. The van der Waals surface area contributed by atoms with Crippen molar-refractivity contribution in [2.75, 3.05) is 0 Å². The summed E-state index contributed by atoms with van der Waals surface area (Å²) in [6.45, 7) is 0. The van der Waals surface area contributed by atoms with E-state index in [1.807, 2.05) is 0 Å². The molecule has 6 heavy (non-hydrogen) atoms. The Morgan fingerprint density at radius 2 is 1.33 bits per heavy atom. The molecule has 0 atom stereocenters. The molecule has 0 saturated heterocycles. The van der Waals surface area contributed by atoms with Crippen molar-refractivity contribution in [1.29, 1.82) is 0 Å². The van der Waals surface area contributed by atoms with Crippen LogP contribution < -0.4 is 0 Å². The van der Waals surface area contributed by atoms with Gasteiger partial charge in [-0.1, -0.05) is 0 Å². The second-order valence-electron chi connectivity index (χ2n) is 0.224. The van der Waals surface area contributed by atoms with Crippen molar-refractivity contribution in [1.82, 2.24) is 0 Å². The monoisotopic (exact) mass is 289 g/mol. The molecule has 1 N–H and O–H groups in total. The molecule has 0 amide bonds. The summed E-state index contributed by atoms with van der Waals surface area (Å²) < 4.78 is 0. The van der Waals surface area contributed by atoms with Crippen LogP contribution in [0.25, 0.3) is 0 Å². The number of rotatable bonds is 0. The van der Waals surface area contributed by atoms with Gasteiger partial charge in [0.15, 0.2) is 0 Å². The summed E-state index contributed by atoms with van der Waals surface area (Å²) >= 11 is 0. The van der Waals surface area contributed by atoms with Gasteiger partial charge < -0.3 is 20.8 Å². The Morgan fingerprint density at radius 1 is 1.33 bits per heavy atom. The van der Waals surface area contributed by atoms with Gasteiger partial charge in [-0.05, 0) is 0 Å². The Kier molecular flexibility index (Phi) is 24.6. The zero-order chi connectivity index (χ0) is 3.58. The van der Waals surface area contributed by atoms with E-state index in [0.717, 1.165) is 0 Å². The van der Waals surface area contributed by atoms with Crippen molar-refractivity contribution in [2.24, 2.45) is 0 Å². The Balaban J connectivity index is -0.0000000450. The summed E-state index contributed by atoms with van der Waals surface area (Å²) in [6.07, 6.45) is 0. The van der Waals surface area contributed by atoms with Crippen LogP contribution in [0.3, 0.4) is 0 Å². The maximum atomic E-state index is 8.25. The van der Waals surface area contributed by atoms with Gasteiger partial charge in [0.25, 0.3) is 0 Å². The molecule has 6 heteroatoms. The number of hydrogen-bond acceptors (Lipinski definition) is 4. The smallest absolute Gasteiger partial charge is 0.870 e. The zero-order valence-electron chi connectivity index (χ0n) is 2.62. The van der Waals surface area contributed by atoms with E-state index < -0.39 is 5.09 Å². The van der Waals surface area contributed by atoms with Gasteiger partial charge >= 0.3 is 26.2 Å². The quantitative estimate of drug-likeness (QED) is 0.322. The fourth-order valence-corrected chi connectivity index (χ4v) is 0. The van der Waals surface area contributed by atoms with E-state index in [-0.39, 0.29) is 31.7 Å². The molecule has 0 rings (SSSR count). The van der Waals surface area contributed by atoms with Crippen LogP contribution in [0.4, 0.5) is 0 Å². The topological polar surface area (TPSA) is 96.2 Å². The van der Waals surface area contributed by atoms with Crippen LogP contribution in [-0.4, -0.2) is 36.8 Å². The molecule has 0 aromatic rings. The van der Waals surface area contributed by atoms with Gasteiger partial charge in [0, 0.05) is 0 Å². The standard InChI is InChI=1S/Bi.NO3.H2O.H/c;2-1(3)4;;/h;;1H2;/q+2;-1;;/p-1. The SMILES string of the molecule is O=[N+]([O-])[O-].[BiH+2].[OH-]. The van der Waals surface area contributed by atoms with Gasteiger partial charge in [-0.15, -0.1) is 0 Å². The molecule has 36 valence electrons. The van der Waals surface area contributed by atoms with E-state index in [4.69, 9.17) is 15.3 Å². The first-order valence-electron chi connectivity index (χ1n) is 0.548. The van der Waals surface area contributed by atoms with E-state index in [2.05, 4.69) is 0 Å². The summed E-state index contributed by atoms with van der Waals surface area (Å²) in [5.74, 6) is 0. The van der Waals surface area contributed by atoms with Crippen LogP contribution in [0.5, 0.6) is 0 Å². The average molecular weight is 289 g/mol. The maximum absolute atomic E-state index is 8.25. The molecule has 0 aromatic carbocycles. The minimum atomic E-state index is -1.75. The fraction of sp³-hybridized carbons (Fsp3) is 0. The second kappa shape index (κ2) is 8.90. The third-order valence-corrected chi connectivity index (χ3v) is 0. The molecule has 0 aromatic heterocycles. The third-order valence-electron chi connectivity index (χ3n) is 0. The van der Waals surface area contributed by atoms with E-state index in [0.29, 0.717) is 0 Å². The van der Waals surface area contributed by atoms with Crippen LogP contribution in [0.1, 0.15) is 0 Å². The maximum Gasteiger partial charge on any atom is -0.870 e. The molecule has 0 spiro atoms. The molecule has 0 aliphatic rings. The fourth-order valence-electron chi connectivity index (χ4n) is 0. The van der Waals surface area contributed by atoms with Crippen molar-refractivity contribution in [3.05, 3.63) is 15.3 Å². The molecule has 5 nitrogen and oxygen atoms in total. The van der Waals surface area contributed by atoms with Crippen molar-refractivity contribution < 1.29 is 10.6 Å². The van der Waals surface area contributed by atoms with E-state index in [1.165, 1.54) is 0 Å². The van der Waals surface area contributed by atoms with Crippen molar-refractivity contribution in [3.8, 4) is 0 Å². The van der Waals surface area contributed by atoms with Crippen LogP contribution in [0, 0.1) is 15.3 Å². The van der Waals surface area contributed by atoms with Crippen LogP contribution in [0.2, 0.25) is 0 Å². The van der Waals surface area contributed by atoms with Gasteiger partial charge in [-0.25, -0.2) is 0 Å². The summed E-state index contributed by atoms with van der Waals surface area (Å²) in [5.41, 5.74) is 0. The van der Waals surface area contributed by atoms with Gasteiger partial charge in [-0.2, -0.15) is 0 Å². The van der Waals surface area contributed by atoms with Gasteiger partial charge in [0.05, 0.1) is 5.09 Å². The van der Waals surface area contributed by atoms with Crippen molar-refractivity contribution >= 4 is 26.2 Å². The predicted molar refractivity (Wildman–Crippen MR) is 19.4 cm³/mol. The molecule has 0 fully saturated rings. The first-order valence-corrected chi connectivity index (χ1v) is 0.548. The van der Waals surface area contributed by atoms with Crippen LogP contribution >= 0.6 is 0 Å². The van der Waals surface area contributed by atoms with Gasteiger partial charge in [0.1, 0.15) is 0 Å². The van der Waals surface area contributed by atoms with Crippen LogP contribution in [-0.2, 0) is 0 Å². The van der Waals surface area contributed by atoms with Gasteiger partial charge in [0.2, 0.25) is 0 Å². The molecular weight excluding hydrogens is 287 g/mol. The summed E-state index contributed by atoms with van der Waals surface area (Å²) in [4.78, 5) is 8.25. The Morgan fingerprint density at radius 3 is 1.33 bits per heavy atom. The van der Waals surface area contributed by atoms with Gasteiger partial charge in [-0.3, -0.25) is 0 Å². The average Bonchev–Trinajstić information content (AvgIpc) is 0.811. The molecule has 0 unspecified atom stereocenters. The largest absolute Gasteiger partial charge is 0.870 e. The summed E-state index contributed by atoms with van der Waals surface area (Å²) in [5, 5.41) is 14.8. The minimum absolute atomic E-state index is 0. The first-order chi connectivity index (χ1) is 1.73. The minimum Gasteiger partial charge on any atom is -0.870 e. The second-order valence-corrected chi connectivity index (χ2v) is 0.224.